The van der Waals surface area contributed by atoms with Gasteiger partial charge >= 0.3 is 5.97 Å². The number of nitrogens with one attached hydrogen (secondary N) is 2. The number of carbonyl (C=O) groups excluding carboxylic acids is 1. The van der Waals surface area contributed by atoms with Crippen LogP contribution in [0.5, 0.6) is 0 Å². The zero-order valence-corrected chi connectivity index (χ0v) is 15.0. The number of ether oxygens (including phenoxy) is 1. The first-order valence-corrected chi connectivity index (χ1v) is 8.18. The van der Waals surface area contributed by atoms with Crippen molar-refractivity contribution in [1.29, 1.82) is 0 Å². The van der Waals surface area contributed by atoms with Gasteiger partial charge in [0.2, 0.25) is 5.95 Å². The molecule has 0 aliphatic heterocycles. The zero-order chi connectivity index (χ0) is 18.5. The van der Waals surface area contributed by atoms with Gasteiger partial charge in [0, 0.05) is 5.69 Å². The number of hydrogen-bond donors (Lipinski definition) is 2. The Hall–Kier alpha value is -2.90. The van der Waals surface area contributed by atoms with Crippen molar-refractivity contribution < 1.29 is 9.53 Å². The highest BCUT2D eigenvalue weighted by Gasteiger charge is 2.08. The van der Waals surface area contributed by atoms with Gasteiger partial charge < -0.3 is 15.4 Å². The Kier molecular flexibility index (Phi) is 5.50. The van der Waals surface area contributed by atoms with Crippen molar-refractivity contribution in [2.24, 2.45) is 0 Å². The summed E-state index contributed by atoms with van der Waals surface area (Å²) < 4.78 is 4.66. The predicted molar refractivity (Wildman–Crippen MR) is 101 cm³/mol. The van der Waals surface area contributed by atoms with Gasteiger partial charge in [0.15, 0.2) is 5.82 Å². The van der Waals surface area contributed by atoms with E-state index >= 15 is 0 Å². The van der Waals surface area contributed by atoms with Crippen LogP contribution in [0.2, 0.25) is 10.0 Å². The Bertz CT molecular complexity index is 935. The van der Waals surface area contributed by atoms with Crippen LogP contribution in [0.25, 0.3) is 0 Å². The maximum Gasteiger partial charge on any atom is 0.337 e. The van der Waals surface area contributed by atoms with Crippen LogP contribution in [0.1, 0.15) is 10.4 Å². The molecule has 3 rings (SSSR count). The molecule has 132 valence electrons. The highest BCUT2D eigenvalue weighted by Crippen LogP contribution is 2.31. The van der Waals surface area contributed by atoms with E-state index in [1.807, 2.05) is 0 Å². The summed E-state index contributed by atoms with van der Waals surface area (Å²) in [7, 11) is 1.33. The normalized spacial score (nSPS) is 10.3. The molecule has 0 bridgehead atoms. The van der Waals surface area contributed by atoms with Crippen LogP contribution in [-0.4, -0.2) is 28.3 Å². The Labute approximate surface area is 159 Å². The summed E-state index contributed by atoms with van der Waals surface area (Å²) in [6.07, 6.45) is 1.46. The fourth-order valence-corrected chi connectivity index (χ4v) is 2.44. The van der Waals surface area contributed by atoms with Gasteiger partial charge in [0.05, 0.1) is 34.6 Å². The second kappa shape index (κ2) is 7.99. The molecule has 0 saturated heterocycles. The van der Waals surface area contributed by atoms with Crippen LogP contribution in [-0.2, 0) is 4.74 Å². The number of anilines is 4. The van der Waals surface area contributed by atoms with Crippen molar-refractivity contribution >= 4 is 52.3 Å². The molecule has 2 aromatic carbocycles. The second-order valence-electron chi connectivity index (χ2n) is 5.09. The molecule has 3 aromatic rings. The van der Waals surface area contributed by atoms with E-state index in [9.17, 15) is 4.79 Å². The Morgan fingerprint density at radius 3 is 2.58 bits per heavy atom. The van der Waals surface area contributed by atoms with Gasteiger partial charge in [-0.1, -0.05) is 29.3 Å². The largest absolute Gasteiger partial charge is 0.465 e. The van der Waals surface area contributed by atoms with Crippen molar-refractivity contribution in [3.63, 3.8) is 0 Å². The second-order valence-corrected chi connectivity index (χ2v) is 5.87. The smallest absolute Gasteiger partial charge is 0.337 e. The van der Waals surface area contributed by atoms with Crippen molar-refractivity contribution in [3.8, 4) is 0 Å². The van der Waals surface area contributed by atoms with Gasteiger partial charge in [0.25, 0.3) is 0 Å². The number of methoxy groups -OCH3 is 1. The molecule has 26 heavy (non-hydrogen) atoms. The van der Waals surface area contributed by atoms with E-state index in [1.54, 1.807) is 42.5 Å². The van der Waals surface area contributed by atoms with Crippen molar-refractivity contribution in [3.05, 3.63) is 64.3 Å². The summed E-state index contributed by atoms with van der Waals surface area (Å²) in [5.41, 5.74) is 1.74. The van der Waals surface area contributed by atoms with E-state index in [0.29, 0.717) is 32.8 Å². The average molecular weight is 390 g/mol. The fourth-order valence-electron chi connectivity index (χ4n) is 2.09. The van der Waals surface area contributed by atoms with Gasteiger partial charge in [-0.15, -0.1) is 5.10 Å². The summed E-state index contributed by atoms with van der Waals surface area (Å²) in [6.45, 7) is 0. The third-order valence-electron chi connectivity index (χ3n) is 3.34. The van der Waals surface area contributed by atoms with Gasteiger partial charge in [-0.05, 0) is 36.4 Å². The summed E-state index contributed by atoms with van der Waals surface area (Å²) in [4.78, 5) is 15.8. The van der Waals surface area contributed by atoms with Crippen LogP contribution in [0.15, 0.2) is 48.7 Å². The van der Waals surface area contributed by atoms with E-state index < -0.39 is 5.97 Å². The molecule has 1 heterocycles. The molecular formula is C17H13Cl2N5O2. The van der Waals surface area contributed by atoms with Crippen molar-refractivity contribution in [2.45, 2.75) is 0 Å². The van der Waals surface area contributed by atoms with Crippen LogP contribution in [0.3, 0.4) is 0 Å². The molecule has 0 aliphatic rings. The maximum absolute atomic E-state index is 11.4. The molecule has 0 fully saturated rings. The van der Waals surface area contributed by atoms with Gasteiger partial charge in [-0.25, -0.2) is 4.79 Å². The summed E-state index contributed by atoms with van der Waals surface area (Å²) in [5, 5.41) is 14.7. The van der Waals surface area contributed by atoms with Gasteiger partial charge in [0.1, 0.15) is 0 Å². The molecule has 7 nitrogen and oxygen atoms in total. The first-order valence-electron chi connectivity index (χ1n) is 7.43. The van der Waals surface area contributed by atoms with E-state index in [1.165, 1.54) is 13.3 Å². The highest BCUT2D eigenvalue weighted by molar-refractivity contribution is 6.43. The number of nitrogens with zero attached hydrogens (tertiary/aromatic N) is 3. The van der Waals surface area contributed by atoms with Crippen LogP contribution < -0.4 is 10.6 Å². The third kappa shape index (κ3) is 4.19. The minimum Gasteiger partial charge on any atom is -0.465 e. The third-order valence-corrected chi connectivity index (χ3v) is 4.15. The Balaban J connectivity index is 1.75. The molecule has 0 amide bonds. The summed E-state index contributed by atoms with van der Waals surface area (Å²) in [5.74, 6) is 0.316. The van der Waals surface area contributed by atoms with E-state index in [-0.39, 0.29) is 5.95 Å². The number of carbonyl (C=O) groups is 1. The lowest BCUT2D eigenvalue weighted by Crippen LogP contribution is -2.04. The Morgan fingerprint density at radius 1 is 1.08 bits per heavy atom. The molecule has 1 aromatic heterocycles. The number of esters is 1. The number of benzene rings is 2. The van der Waals surface area contributed by atoms with Gasteiger partial charge in [-0.3, -0.25) is 0 Å². The predicted octanol–water partition coefficient (Wildman–Crippen LogP) is 4.45. The fraction of sp³-hybridized carbons (Fsp3) is 0.0588. The first-order chi connectivity index (χ1) is 12.6. The number of aromatic nitrogens is 3. The van der Waals surface area contributed by atoms with Crippen molar-refractivity contribution in [1.82, 2.24) is 15.2 Å². The molecule has 0 atom stereocenters. The number of rotatable bonds is 5. The Morgan fingerprint density at radius 2 is 1.85 bits per heavy atom. The molecule has 0 spiro atoms. The van der Waals surface area contributed by atoms with Crippen LogP contribution >= 0.6 is 23.2 Å². The molecule has 2 N–H and O–H groups in total. The lowest BCUT2D eigenvalue weighted by Gasteiger charge is -2.09. The summed E-state index contributed by atoms with van der Waals surface area (Å²) in [6, 6.07) is 11.9. The molecule has 0 radical (unpaired) electrons. The molecule has 0 saturated carbocycles. The average Bonchev–Trinajstić information content (AvgIpc) is 2.66. The number of hydrogen-bond acceptors (Lipinski definition) is 7. The number of halogens is 2. The molecule has 9 heteroatoms. The quantitative estimate of drug-likeness (QED) is 0.622. The van der Waals surface area contributed by atoms with Crippen molar-refractivity contribution in [2.75, 3.05) is 17.7 Å². The molecule has 0 unspecified atom stereocenters. The first kappa shape index (κ1) is 17.9. The van der Waals surface area contributed by atoms with Gasteiger partial charge in [-0.2, -0.15) is 10.1 Å². The highest BCUT2D eigenvalue weighted by atomic mass is 35.5. The monoisotopic (exact) mass is 389 g/mol. The SMILES string of the molecule is COC(=O)c1ccc(Nc2nncc(Nc3cccc(Cl)c3Cl)n2)cc1. The van der Waals surface area contributed by atoms with E-state index in [2.05, 4.69) is 30.6 Å². The zero-order valence-electron chi connectivity index (χ0n) is 13.5. The van der Waals surface area contributed by atoms with Crippen LogP contribution in [0.4, 0.5) is 23.1 Å². The van der Waals surface area contributed by atoms with Crippen LogP contribution in [0, 0.1) is 0 Å². The molecular weight excluding hydrogens is 377 g/mol. The molecule has 0 aliphatic carbocycles. The van der Waals surface area contributed by atoms with E-state index in [4.69, 9.17) is 23.2 Å². The summed E-state index contributed by atoms with van der Waals surface area (Å²) >= 11 is 12.2. The lowest BCUT2D eigenvalue weighted by molar-refractivity contribution is 0.0601. The topological polar surface area (TPSA) is 89.0 Å². The minimum atomic E-state index is -0.404. The maximum atomic E-state index is 11.4. The van der Waals surface area contributed by atoms with E-state index in [0.717, 1.165) is 0 Å². The lowest BCUT2D eigenvalue weighted by atomic mass is 10.2. The standard InChI is InChI=1S/C17H13Cl2N5O2/c1-26-16(25)10-5-7-11(8-6-10)21-17-23-14(9-20-24-17)22-13-4-2-3-12(18)15(13)19/h2-9H,1H3,(H2,21,22,23,24). The minimum absolute atomic E-state index is 0.277.